The fourth-order valence-corrected chi connectivity index (χ4v) is 11.8. The van der Waals surface area contributed by atoms with Gasteiger partial charge in [-0.15, -0.1) is 34.0 Å². The second-order valence-corrected chi connectivity index (χ2v) is 15.5. The summed E-state index contributed by atoms with van der Waals surface area (Å²) >= 11 is 5.99. The zero-order chi connectivity index (χ0) is 28.0. The van der Waals surface area contributed by atoms with Crippen molar-refractivity contribution >= 4 is 95.9 Å². The van der Waals surface area contributed by atoms with Crippen LogP contribution in [-0.4, -0.2) is 0 Å². The Morgan fingerprint density at radius 3 is 0.821 bits per heavy atom. The molecule has 0 spiro atoms. The molecule has 0 saturated carbocycles. The van der Waals surface area contributed by atoms with Crippen LogP contribution in [0.1, 0.15) is 65.4 Å². The maximum absolute atomic E-state index is 2.40. The molecule has 0 bridgehead atoms. The third-order valence-corrected chi connectivity index (χ3v) is 14.1. The number of hydrogen-bond donors (Lipinski definition) is 0. The molecule has 7 rings (SSSR count). The second kappa shape index (κ2) is 8.06. The normalized spacial score (nSPS) is 12.6. The molecule has 0 aliphatic heterocycles. The van der Waals surface area contributed by atoms with Gasteiger partial charge in [0.05, 0.1) is 0 Å². The van der Waals surface area contributed by atoms with Crippen molar-refractivity contribution in [3.05, 3.63) is 65.4 Å². The first-order chi connectivity index (χ1) is 18.4. The third-order valence-electron chi connectivity index (χ3n) is 10.0. The molecule has 0 amide bonds. The molecule has 0 radical (unpaired) electrons. The molecule has 0 fully saturated rings. The van der Waals surface area contributed by atoms with Crippen LogP contribution in [0.3, 0.4) is 0 Å². The highest BCUT2D eigenvalue weighted by Gasteiger charge is 2.25. The van der Waals surface area contributed by atoms with E-state index < -0.39 is 0 Å². The van der Waals surface area contributed by atoms with E-state index in [4.69, 9.17) is 0 Å². The first-order valence-corrected chi connectivity index (χ1v) is 16.4. The van der Waals surface area contributed by atoms with Gasteiger partial charge in [0.25, 0.3) is 0 Å². The monoisotopic (exact) mass is 564 g/mol. The van der Waals surface area contributed by atoms with E-state index in [0.717, 1.165) is 0 Å². The largest absolute Gasteiger partial charge is 0.140 e. The highest BCUT2D eigenvalue weighted by molar-refractivity contribution is 7.26. The van der Waals surface area contributed by atoms with Crippen molar-refractivity contribution in [1.82, 2.24) is 0 Å². The Kier molecular flexibility index (Phi) is 5.27. The van der Waals surface area contributed by atoms with Gasteiger partial charge in [-0.1, -0.05) is 0 Å². The second-order valence-electron chi connectivity index (χ2n) is 12.0. The average Bonchev–Trinajstić information content (AvgIpc) is 3.53. The topological polar surface area (TPSA) is 0 Å². The lowest BCUT2D eigenvalue weighted by molar-refractivity contribution is 1.43. The van der Waals surface area contributed by atoms with Gasteiger partial charge in [0.2, 0.25) is 0 Å². The molecular weight excluding hydrogens is 529 g/mol. The van der Waals surface area contributed by atoms with Crippen LogP contribution < -0.4 is 0 Å². The van der Waals surface area contributed by atoms with Crippen LogP contribution in [-0.2, 0) is 0 Å². The summed E-state index contributed by atoms with van der Waals surface area (Å²) in [5.74, 6) is 0. The maximum atomic E-state index is 2.40. The lowest BCUT2D eigenvalue weighted by Crippen LogP contribution is -1.95. The van der Waals surface area contributed by atoms with Crippen molar-refractivity contribution in [2.45, 2.75) is 83.1 Å². The summed E-state index contributed by atoms with van der Waals surface area (Å²) in [6, 6.07) is 0. The Hall–Kier alpha value is -2.46. The number of hydrogen-bond acceptors (Lipinski definition) is 3. The van der Waals surface area contributed by atoms with Crippen LogP contribution in [0.4, 0.5) is 0 Å². The van der Waals surface area contributed by atoms with Crippen LogP contribution in [0.5, 0.6) is 0 Å². The highest BCUT2D eigenvalue weighted by atomic mass is 32.1. The summed E-state index contributed by atoms with van der Waals surface area (Å²) < 4.78 is 5.92. The smallest absolute Gasteiger partial charge is 0.0393 e. The molecule has 3 heterocycles. The van der Waals surface area contributed by atoms with Gasteiger partial charge in [-0.2, -0.15) is 0 Å². The van der Waals surface area contributed by atoms with E-state index in [0.29, 0.717) is 0 Å². The number of thiophene rings is 3. The molecule has 0 nitrogen and oxygen atoms in total. The highest BCUT2D eigenvalue weighted by Crippen LogP contribution is 2.52. The van der Waals surface area contributed by atoms with Crippen molar-refractivity contribution < 1.29 is 0 Å². The molecule has 3 aromatic heterocycles. The molecule has 0 N–H and O–H groups in total. The quantitative estimate of drug-likeness (QED) is 0.172. The van der Waals surface area contributed by atoms with Crippen LogP contribution in [0.2, 0.25) is 0 Å². The van der Waals surface area contributed by atoms with Gasteiger partial charge in [-0.25, -0.2) is 0 Å². The fourth-order valence-electron chi connectivity index (χ4n) is 7.94. The number of benzene rings is 4. The number of rotatable bonds is 0. The van der Waals surface area contributed by atoms with Crippen molar-refractivity contribution in [3.8, 4) is 0 Å². The van der Waals surface area contributed by atoms with Gasteiger partial charge in [0, 0.05) is 39.3 Å². The Morgan fingerprint density at radius 1 is 0.231 bits per heavy atom. The van der Waals surface area contributed by atoms with E-state index in [2.05, 4.69) is 83.1 Å². The van der Waals surface area contributed by atoms with Gasteiger partial charge in [0.15, 0.2) is 0 Å². The van der Waals surface area contributed by atoms with E-state index in [-0.39, 0.29) is 0 Å². The molecule has 198 valence electrons. The molecule has 3 heteroatoms. The molecule has 0 aliphatic carbocycles. The molecule has 7 aromatic rings. The summed E-state index contributed by atoms with van der Waals surface area (Å²) in [6.07, 6.45) is 0. The minimum atomic E-state index is 1.45. The van der Waals surface area contributed by atoms with Crippen LogP contribution in [0.15, 0.2) is 0 Å². The first-order valence-electron chi connectivity index (χ1n) is 14.0. The minimum absolute atomic E-state index is 1.45. The van der Waals surface area contributed by atoms with Gasteiger partial charge in [-0.05, 0) is 171 Å². The minimum Gasteiger partial charge on any atom is -0.140 e. The molecule has 39 heavy (non-hydrogen) atoms. The third kappa shape index (κ3) is 2.89. The summed E-state index contributed by atoms with van der Waals surface area (Å²) in [6.45, 7) is 28.2. The summed E-state index contributed by atoms with van der Waals surface area (Å²) in [5, 5.41) is 11.9. The van der Waals surface area contributed by atoms with E-state index in [9.17, 15) is 0 Å². The van der Waals surface area contributed by atoms with Gasteiger partial charge in [0.1, 0.15) is 0 Å². The first kappa shape index (κ1) is 25.5. The zero-order valence-electron chi connectivity index (χ0n) is 25.2. The molecule has 4 aromatic carbocycles. The molecule has 0 unspecified atom stereocenters. The van der Waals surface area contributed by atoms with E-state index >= 15 is 0 Å². The number of aryl methyl sites for hydroxylation is 12. The fraction of sp³-hybridized carbons (Fsp3) is 0.333. The van der Waals surface area contributed by atoms with E-state index in [1.165, 1.54) is 127 Å². The van der Waals surface area contributed by atoms with Crippen LogP contribution in [0.25, 0.3) is 61.9 Å². The lowest BCUT2D eigenvalue weighted by Gasteiger charge is -2.18. The lowest BCUT2D eigenvalue weighted by atomic mass is 9.85. The zero-order valence-corrected chi connectivity index (χ0v) is 27.7. The van der Waals surface area contributed by atoms with Crippen molar-refractivity contribution in [3.63, 3.8) is 0 Å². The predicted octanol–water partition coefficient (Wildman–Crippen LogP) is 12.5. The molecule has 0 atom stereocenters. The Labute approximate surface area is 243 Å². The predicted molar refractivity (Wildman–Crippen MR) is 182 cm³/mol. The standard InChI is InChI=1S/C36H36S3/c1-13-23(11)37-33-19(7)27-21(9)35-31(17(5)25(27)15(3)29(13)33)32-18(6)26-16(4)30-14(2)24(12)38-34(30)20(8)28(26)22(10)36(32)39-35/h1-12H3. The average molecular weight is 565 g/mol. The van der Waals surface area contributed by atoms with E-state index in [1.54, 1.807) is 0 Å². The van der Waals surface area contributed by atoms with Crippen molar-refractivity contribution in [1.29, 1.82) is 0 Å². The Morgan fingerprint density at radius 2 is 0.487 bits per heavy atom. The van der Waals surface area contributed by atoms with Crippen molar-refractivity contribution in [2.24, 2.45) is 0 Å². The Balaban J connectivity index is 1.79. The molecule has 0 aliphatic rings. The van der Waals surface area contributed by atoms with Gasteiger partial charge in [-0.3, -0.25) is 0 Å². The SMILES string of the molecule is Cc1sc2c(C)c3c(C)c4sc5c(C)c6c(C)c7sc(C)c(C)c7c(C)c6c(C)c5c4c(C)c3c(C)c2c1C. The maximum Gasteiger partial charge on any atom is 0.0393 e. The van der Waals surface area contributed by atoms with Crippen LogP contribution >= 0.6 is 34.0 Å². The molecular formula is C36H36S3. The van der Waals surface area contributed by atoms with Gasteiger partial charge < -0.3 is 0 Å². The summed E-state index contributed by atoms with van der Waals surface area (Å²) in [7, 11) is 0. The number of fused-ring (bicyclic) bond motifs is 7. The summed E-state index contributed by atoms with van der Waals surface area (Å²) in [5.41, 5.74) is 14.6. The van der Waals surface area contributed by atoms with Crippen LogP contribution in [0, 0.1) is 83.1 Å². The molecule has 0 saturated heterocycles. The van der Waals surface area contributed by atoms with E-state index in [1.807, 2.05) is 34.0 Å². The van der Waals surface area contributed by atoms with Gasteiger partial charge >= 0.3 is 0 Å². The van der Waals surface area contributed by atoms with Crippen molar-refractivity contribution in [2.75, 3.05) is 0 Å². The Bertz CT molecular complexity index is 2110. The summed E-state index contributed by atoms with van der Waals surface area (Å²) in [4.78, 5) is 2.89.